The lowest BCUT2D eigenvalue weighted by molar-refractivity contribution is 0.454. The molecule has 0 aliphatic carbocycles. The molecule has 1 atom stereocenters. The predicted octanol–water partition coefficient (Wildman–Crippen LogP) is 1.44. The van der Waals surface area contributed by atoms with E-state index >= 15 is 0 Å². The molecule has 3 nitrogen and oxygen atoms in total. The van der Waals surface area contributed by atoms with Crippen molar-refractivity contribution >= 4 is 0 Å². The lowest BCUT2D eigenvalue weighted by atomic mass is 9.96. The molecular weight excluding hydrogens is 162 g/mol. The molecule has 1 aliphatic rings. The van der Waals surface area contributed by atoms with Gasteiger partial charge in [-0.1, -0.05) is 6.92 Å². The first-order valence-corrected chi connectivity index (χ1v) is 5.15. The van der Waals surface area contributed by atoms with Crippen LogP contribution in [0.1, 0.15) is 37.1 Å². The van der Waals surface area contributed by atoms with Crippen LogP contribution in [0.3, 0.4) is 0 Å². The molecule has 0 aromatic carbocycles. The Morgan fingerprint density at radius 2 is 2.54 bits per heavy atom. The second-order valence-corrected chi connectivity index (χ2v) is 3.71. The van der Waals surface area contributed by atoms with Crippen molar-refractivity contribution in [1.82, 2.24) is 15.5 Å². The summed E-state index contributed by atoms with van der Waals surface area (Å²) < 4.78 is 0. The van der Waals surface area contributed by atoms with Gasteiger partial charge in [0.2, 0.25) is 0 Å². The highest BCUT2D eigenvalue weighted by atomic mass is 15.1. The Bertz CT molecular complexity index is 261. The molecule has 72 valence electrons. The van der Waals surface area contributed by atoms with Crippen LogP contribution in [0.15, 0.2) is 6.07 Å². The minimum atomic E-state index is 0.630. The van der Waals surface area contributed by atoms with Gasteiger partial charge < -0.3 is 5.32 Å². The number of rotatable bonds is 2. The number of H-pyrrole nitrogens is 1. The normalized spacial score (nSPS) is 23.3. The molecule has 0 radical (unpaired) electrons. The van der Waals surface area contributed by atoms with Gasteiger partial charge in [-0.2, -0.15) is 5.10 Å². The Morgan fingerprint density at radius 3 is 3.15 bits per heavy atom. The fourth-order valence-electron chi connectivity index (χ4n) is 1.87. The molecule has 2 rings (SSSR count). The van der Waals surface area contributed by atoms with Gasteiger partial charge in [0.05, 0.1) is 5.69 Å². The third-order valence-electron chi connectivity index (χ3n) is 2.75. The summed E-state index contributed by atoms with van der Waals surface area (Å²) in [4.78, 5) is 0. The molecule has 0 bridgehead atoms. The average molecular weight is 179 g/mol. The van der Waals surface area contributed by atoms with Gasteiger partial charge in [-0.15, -0.1) is 0 Å². The van der Waals surface area contributed by atoms with Crippen molar-refractivity contribution in [3.63, 3.8) is 0 Å². The van der Waals surface area contributed by atoms with E-state index in [1.54, 1.807) is 0 Å². The Balaban J connectivity index is 2.05. The summed E-state index contributed by atoms with van der Waals surface area (Å²) in [6, 6.07) is 2.21. The molecule has 0 unspecified atom stereocenters. The van der Waals surface area contributed by atoms with Crippen LogP contribution in [0.25, 0.3) is 0 Å². The van der Waals surface area contributed by atoms with E-state index in [4.69, 9.17) is 0 Å². The summed E-state index contributed by atoms with van der Waals surface area (Å²) in [5.41, 5.74) is 2.49. The summed E-state index contributed by atoms with van der Waals surface area (Å²) in [5, 5.41) is 10.8. The highest BCUT2D eigenvalue weighted by Crippen LogP contribution is 2.21. The standard InChI is InChI=1S/C10H17N3/c1-2-9-6-10(13-12-9)8-4-3-5-11-7-8/h6,8,11H,2-5,7H2,1H3,(H,12,13)/t8-/m0/s1. The number of aromatic nitrogens is 2. The fraction of sp³-hybridized carbons (Fsp3) is 0.700. The maximum Gasteiger partial charge on any atom is 0.0668 e. The number of aromatic amines is 1. The van der Waals surface area contributed by atoms with Crippen LogP contribution in [0.4, 0.5) is 0 Å². The van der Waals surface area contributed by atoms with Crippen LogP contribution < -0.4 is 5.32 Å². The zero-order valence-electron chi connectivity index (χ0n) is 8.14. The molecule has 13 heavy (non-hydrogen) atoms. The number of piperidine rings is 1. The van der Waals surface area contributed by atoms with Gasteiger partial charge in [-0.05, 0) is 31.9 Å². The van der Waals surface area contributed by atoms with Crippen LogP contribution >= 0.6 is 0 Å². The Hall–Kier alpha value is -0.830. The maximum absolute atomic E-state index is 4.35. The molecule has 0 saturated carbocycles. The van der Waals surface area contributed by atoms with Gasteiger partial charge >= 0.3 is 0 Å². The smallest absolute Gasteiger partial charge is 0.0668 e. The van der Waals surface area contributed by atoms with E-state index in [1.165, 1.54) is 30.8 Å². The molecule has 3 heteroatoms. The molecule has 0 amide bonds. The molecular formula is C10H17N3. The molecule has 1 fully saturated rings. The van der Waals surface area contributed by atoms with Crippen molar-refractivity contribution in [3.05, 3.63) is 17.5 Å². The maximum atomic E-state index is 4.35. The van der Waals surface area contributed by atoms with E-state index in [9.17, 15) is 0 Å². The number of nitrogens with one attached hydrogen (secondary N) is 2. The van der Waals surface area contributed by atoms with Gasteiger partial charge in [0.25, 0.3) is 0 Å². The second-order valence-electron chi connectivity index (χ2n) is 3.71. The van der Waals surface area contributed by atoms with Crippen LogP contribution in [-0.2, 0) is 6.42 Å². The number of hydrogen-bond acceptors (Lipinski definition) is 2. The Morgan fingerprint density at radius 1 is 1.62 bits per heavy atom. The zero-order chi connectivity index (χ0) is 9.10. The van der Waals surface area contributed by atoms with Crippen molar-refractivity contribution in [2.24, 2.45) is 0 Å². The van der Waals surface area contributed by atoms with Crippen LogP contribution in [0.2, 0.25) is 0 Å². The molecule has 2 heterocycles. The summed E-state index contributed by atoms with van der Waals surface area (Å²) >= 11 is 0. The summed E-state index contributed by atoms with van der Waals surface area (Å²) in [7, 11) is 0. The monoisotopic (exact) mass is 179 g/mol. The largest absolute Gasteiger partial charge is 0.316 e. The van der Waals surface area contributed by atoms with Gasteiger partial charge in [-0.25, -0.2) is 0 Å². The third-order valence-corrected chi connectivity index (χ3v) is 2.75. The molecule has 1 aromatic heterocycles. The van der Waals surface area contributed by atoms with Crippen LogP contribution in [-0.4, -0.2) is 23.3 Å². The lowest BCUT2D eigenvalue weighted by Crippen LogP contribution is -2.28. The first-order chi connectivity index (χ1) is 6.40. The van der Waals surface area contributed by atoms with Crippen molar-refractivity contribution in [3.8, 4) is 0 Å². The zero-order valence-corrected chi connectivity index (χ0v) is 8.14. The molecule has 0 spiro atoms. The van der Waals surface area contributed by atoms with E-state index < -0.39 is 0 Å². The first-order valence-electron chi connectivity index (χ1n) is 5.15. The van der Waals surface area contributed by atoms with Gasteiger partial charge in [0, 0.05) is 18.2 Å². The van der Waals surface area contributed by atoms with E-state index in [1.807, 2.05) is 0 Å². The van der Waals surface area contributed by atoms with E-state index in [-0.39, 0.29) is 0 Å². The summed E-state index contributed by atoms with van der Waals surface area (Å²) in [6.45, 7) is 4.41. The first kappa shape index (κ1) is 8.75. The quantitative estimate of drug-likeness (QED) is 0.721. The molecule has 1 saturated heterocycles. The predicted molar refractivity (Wildman–Crippen MR) is 52.8 cm³/mol. The SMILES string of the molecule is CCc1cc([C@H]2CCCNC2)n[nH]1. The molecule has 1 aliphatic heterocycles. The highest BCUT2D eigenvalue weighted by Gasteiger charge is 2.17. The van der Waals surface area contributed by atoms with E-state index in [0.717, 1.165) is 13.0 Å². The molecule has 2 N–H and O–H groups in total. The van der Waals surface area contributed by atoms with Gasteiger partial charge in [0.1, 0.15) is 0 Å². The van der Waals surface area contributed by atoms with Crippen molar-refractivity contribution < 1.29 is 0 Å². The van der Waals surface area contributed by atoms with E-state index in [2.05, 4.69) is 28.5 Å². The van der Waals surface area contributed by atoms with Gasteiger partial charge in [0.15, 0.2) is 0 Å². The number of aryl methyl sites for hydroxylation is 1. The van der Waals surface area contributed by atoms with E-state index in [0.29, 0.717) is 5.92 Å². The molecule has 1 aromatic rings. The van der Waals surface area contributed by atoms with Crippen LogP contribution in [0, 0.1) is 0 Å². The summed E-state index contributed by atoms with van der Waals surface area (Å²) in [6.07, 6.45) is 3.60. The lowest BCUT2D eigenvalue weighted by Gasteiger charge is -2.20. The van der Waals surface area contributed by atoms with Crippen molar-refractivity contribution in [1.29, 1.82) is 0 Å². The number of nitrogens with zero attached hydrogens (tertiary/aromatic N) is 1. The minimum Gasteiger partial charge on any atom is -0.316 e. The number of hydrogen-bond donors (Lipinski definition) is 2. The fourth-order valence-corrected chi connectivity index (χ4v) is 1.87. The summed E-state index contributed by atoms with van der Waals surface area (Å²) in [5.74, 6) is 0.630. The highest BCUT2D eigenvalue weighted by molar-refractivity contribution is 5.14. The second kappa shape index (κ2) is 3.92. The Labute approximate surface area is 78.9 Å². The topological polar surface area (TPSA) is 40.7 Å². The van der Waals surface area contributed by atoms with Gasteiger partial charge in [-0.3, -0.25) is 5.10 Å². The van der Waals surface area contributed by atoms with Crippen molar-refractivity contribution in [2.75, 3.05) is 13.1 Å². The van der Waals surface area contributed by atoms with Crippen molar-refractivity contribution in [2.45, 2.75) is 32.1 Å². The Kier molecular flexibility index (Phi) is 2.64. The minimum absolute atomic E-state index is 0.630. The average Bonchev–Trinajstić information content (AvgIpc) is 2.67. The van der Waals surface area contributed by atoms with Crippen LogP contribution in [0.5, 0.6) is 0 Å². The third kappa shape index (κ3) is 1.91.